The van der Waals surface area contributed by atoms with E-state index >= 15 is 0 Å². The molecule has 104 valence electrons. The van der Waals surface area contributed by atoms with Gasteiger partial charge in [0.15, 0.2) is 0 Å². The summed E-state index contributed by atoms with van der Waals surface area (Å²) in [5, 5.41) is 4.15. The van der Waals surface area contributed by atoms with Crippen molar-refractivity contribution in [3.63, 3.8) is 0 Å². The summed E-state index contributed by atoms with van der Waals surface area (Å²) in [6.07, 6.45) is 4.21. The van der Waals surface area contributed by atoms with Crippen LogP contribution in [0, 0.1) is 5.92 Å². The van der Waals surface area contributed by atoms with Gasteiger partial charge in [-0.2, -0.15) is 0 Å². The van der Waals surface area contributed by atoms with Gasteiger partial charge in [0.2, 0.25) is 0 Å². The lowest BCUT2D eigenvalue weighted by molar-refractivity contribution is 0.0944. The van der Waals surface area contributed by atoms with E-state index in [2.05, 4.69) is 5.32 Å². The molecule has 1 aromatic rings. The van der Waals surface area contributed by atoms with E-state index < -0.39 is 0 Å². The summed E-state index contributed by atoms with van der Waals surface area (Å²) in [5.41, 5.74) is 0.470. The minimum Gasteiger partial charge on any atom is -0.352 e. The van der Waals surface area contributed by atoms with Crippen molar-refractivity contribution in [3.8, 4) is 0 Å². The van der Waals surface area contributed by atoms with E-state index in [1.54, 1.807) is 18.2 Å². The molecule has 1 saturated carbocycles. The SMILES string of the molecule is O=C(NCC1CCC(Cl)CC1)c1ccc(Cl)cc1Cl. The van der Waals surface area contributed by atoms with Crippen molar-refractivity contribution in [2.24, 2.45) is 5.92 Å². The van der Waals surface area contributed by atoms with E-state index in [0.717, 1.165) is 25.7 Å². The number of rotatable bonds is 3. The molecule has 0 aliphatic heterocycles. The number of amides is 1. The molecule has 1 fully saturated rings. The standard InChI is InChI=1S/C14H16Cl3NO/c15-10-3-1-9(2-4-10)8-18-14(19)12-6-5-11(16)7-13(12)17/h5-7,9-10H,1-4,8H2,(H,18,19). The lowest BCUT2D eigenvalue weighted by Crippen LogP contribution is -2.31. The van der Waals surface area contributed by atoms with Gasteiger partial charge < -0.3 is 5.32 Å². The number of carbonyl (C=O) groups is 1. The van der Waals surface area contributed by atoms with Crippen molar-refractivity contribution < 1.29 is 4.79 Å². The first-order valence-electron chi connectivity index (χ1n) is 6.43. The predicted octanol–water partition coefficient (Wildman–Crippen LogP) is 4.52. The fourth-order valence-corrected chi connectivity index (χ4v) is 3.08. The third kappa shape index (κ3) is 4.27. The van der Waals surface area contributed by atoms with E-state index in [9.17, 15) is 4.79 Å². The predicted molar refractivity (Wildman–Crippen MR) is 80.4 cm³/mol. The molecule has 0 spiro atoms. The molecule has 1 N–H and O–H groups in total. The second kappa shape index (κ2) is 6.83. The van der Waals surface area contributed by atoms with Crippen LogP contribution in [0.2, 0.25) is 10.0 Å². The Morgan fingerprint density at radius 1 is 1.21 bits per heavy atom. The minimum absolute atomic E-state index is 0.144. The number of hydrogen-bond donors (Lipinski definition) is 1. The van der Waals surface area contributed by atoms with Crippen LogP contribution in [0.15, 0.2) is 18.2 Å². The molecule has 0 bridgehead atoms. The van der Waals surface area contributed by atoms with Gasteiger partial charge >= 0.3 is 0 Å². The van der Waals surface area contributed by atoms with Gasteiger partial charge in [-0.15, -0.1) is 11.6 Å². The van der Waals surface area contributed by atoms with Crippen LogP contribution in [0.4, 0.5) is 0 Å². The molecular weight excluding hydrogens is 305 g/mol. The van der Waals surface area contributed by atoms with Gasteiger partial charge in [0.25, 0.3) is 5.91 Å². The van der Waals surface area contributed by atoms with Crippen molar-refractivity contribution in [3.05, 3.63) is 33.8 Å². The van der Waals surface area contributed by atoms with Gasteiger partial charge in [-0.05, 0) is 49.8 Å². The van der Waals surface area contributed by atoms with Crippen LogP contribution in [-0.2, 0) is 0 Å². The Balaban J connectivity index is 1.87. The van der Waals surface area contributed by atoms with E-state index in [-0.39, 0.29) is 5.91 Å². The smallest absolute Gasteiger partial charge is 0.252 e. The molecule has 0 radical (unpaired) electrons. The number of halogens is 3. The van der Waals surface area contributed by atoms with E-state index in [4.69, 9.17) is 34.8 Å². The molecule has 2 nitrogen and oxygen atoms in total. The molecule has 1 aliphatic carbocycles. The number of benzene rings is 1. The van der Waals surface area contributed by atoms with Gasteiger partial charge in [0.05, 0.1) is 10.6 Å². The highest BCUT2D eigenvalue weighted by Gasteiger charge is 2.20. The summed E-state index contributed by atoms with van der Waals surface area (Å²) < 4.78 is 0. The highest BCUT2D eigenvalue weighted by molar-refractivity contribution is 6.36. The summed E-state index contributed by atoms with van der Waals surface area (Å²) >= 11 is 17.9. The summed E-state index contributed by atoms with van der Waals surface area (Å²) in [7, 11) is 0. The largest absolute Gasteiger partial charge is 0.352 e. The van der Waals surface area contributed by atoms with Crippen LogP contribution in [0.25, 0.3) is 0 Å². The summed E-state index contributed by atoms with van der Waals surface area (Å²) in [6, 6.07) is 4.90. The van der Waals surface area contributed by atoms with Crippen molar-refractivity contribution in [2.75, 3.05) is 6.54 Å². The Labute approximate surface area is 128 Å². The van der Waals surface area contributed by atoms with Crippen LogP contribution in [0.3, 0.4) is 0 Å². The Morgan fingerprint density at radius 2 is 1.89 bits per heavy atom. The number of hydrogen-bond acceptors (Lipinski definition) is 1. The Hall–Kier alpha value is -0.440. The lowest BCUT2D eigenvalue weighted by atomic mass is 9.89. The van der Waals surface area contributed by atoms with Crippen LogP contribution >= 0.6 is 34.8 Å². The molecule has 0 atom stereocenters. The molecule has 0 heterocycles. The van der Waals surface area contributed by atoms with Crippen LogP contribution in [-0.4, -0.2) is 17.8 Å². The molecule has 0 saturated heterocycles. The monoisotopic (exact) mass is 319 g/mol. The molecular formula is C14H16Cl3NO. The van der Waals surface area contributed by atoms with Crippen molar-refractivity contribution >= 4 is 40.7 Å². The normalized spacial score (nSPS) is 23.1. The van der Waals surface area contributed by atoms with Gasteiger partial charge in [0.1, 0.15) is 0 Å². The van der Waals surface area contributed by atoms with Crippen LogP contribution in [0.1, 0.15) is 36.0 Å². The fraction of sp³-hybridized carbons (Fsp3) is 0.500. The molecule has 1 aromatic carbocycles. The van der Waals surface area contributed by atoms with Crippen LogP contribution in [0.5, 0.6) is 0 Å². The first-order chi connectivity index (χ1) is 9.06. The third-order valence-corrected chi connectivity index (χ3v) is 4.49. The summed E-state index contributed by atoms with van der Waals surface area (Å²) in [4.78, 5) is 12.0. The van der Waals surface area contributed by atoms with Crippen molar-refractivity contribution in [1.82, 2.24) is 5.32 Å². The third-order valence-electron chi connectivity index (χ3n) is 3.50. The molecule has 5 heteroatoms. The van der Waals surface area contributed by atoms with Gasteiger partial charge in [0, 0.05) is 16.9 Å². The van der Waals surface area contributed by atoms with E-state index in [1.807, 2.05) is 0 Å². The maximum atomic E-state index is 12.0. The highest BCUT2D eigenvalue weighted by Crippen LogP contribution is 2.27. The van der Waals surface area contributed by atoms with Gasteiger partial charge in [-0.25, -0.2) is 0 Å². The number of carbonyl (C=O) groups excluding carboxylic acids is 1. The quantitative estimate of drug-likeness (QED) is 0.815. The molecule has 19 heavy (non-hydrogen) atoms. The average molecular weight is 321 g/mol. The molecule has 1 amide bonds. The Kier molecular flexibility index (Phi) is 5.37. The van der Waals surface area contributed by atoms with Gasteiger partial charge in [-0.1, -0.05) is 23.2 Å². The average Bonchev–Trinajstić information content (AvgIpc) is 2.37. The van der Waals surface area contributed by atoms with Crippen LogP contribution < -0.4 is 5.32 Å². The van der Waals surface area contributed by atoms with Gasteiger partial charge in [-0.3, -0.25) is 4.79 Å². The molecule has 0 aromatic heterocycles. The summed E-state index contributed by atoms with van der Waals surface area (Å²) in [6.45, 7) is 0.682. The zero-order chi connectivity index (χ0) is 13.8. The zero-order valence-corrected chi connectivity index (χ0v) is 12.7. The topological polar surface area (TPSA) is 29.1 Å². The summed E-state index contributed by atoms with van der Waals surface area (Å²) in [5.74, 6) is 0.375. The number of nitrogens with one attached hydrogen (secondary N) is 1. The molecule has 2 rings (SSSR count). The first kappa shape index (κ1) is 15.0. The highest BCUT2D eigenvalue weighted by atomic mass is 35.5. The maximum Gasteiger partial charge on any atom is 0.252 e. The lowest BCUT2D eigenvalue weighted by Gasteiger charge is -2.25. The van der Waals surface area contributed by atoms with E-state index in [0.29, 0.717) is 33.4 Å². The zero-order valence-electron chi connectivity index (χ0n) is 10.5. The second-order valence-corrected chi connectivity index (χ2v) is 6.41. The Morgan fingerprint density at radius 3 is 2.53 bits per heavy atom. The Bertz CT molecular complexity index is 456. The van der Waals surface area contributed by atoms with Crippen molar-refractivity contribution in [2.45, 2.75) is 31.1 Å². The van der Waals surface area contributed by atoms with Crippen molar-refractivity contribution in [1.29, 1.82) is 0 Å². The first-order valence-corrected chi connectivity index (χ1v) is 7.63. The second-order valence-electron chi connectivity index (χ2n) is 4.95. The van der Waals surface area contributed by atoms with E-state index in [1.165, 1.54) is 0 Å². The number of alkyl halides is 1. The fourth-order valence-electron chi connectivity index (χ4n) is 2.33. The molecule has 0 unspecified atom stereocenters. The maximum absolute atomic E-state index is 12.0. The minimum atomic E-state index is -0.144. The molecule has 1 aliphatic rings.